The maximum atomic E-state index is 12.7. The lowest BCUT2D eigenvalue weighted by atomic mass is 10.1. The maximum Gasteiger partial charge on any atom is 0.255 e. The van der Waals surface area contributed by atoms with Crippen molar-refractivity contribution in [1.82, 2.24) is 9.97 Å². The number of aromatic nitrogens is 2. The highest BCUT2D eigenvalue weighted by atomic mass is 19.2. The summed E-state index contributed by atoms with van der Waals surface area (Å²) in [6, 6.07) is 0. The fourth-order valence-corrected chi connectivity index (χ4v) is 1.78. The van der Waals surface area contributed by atoms with Gasteiger partial charge in [0.05, 0.1) is 0 Å². The molecule has 0 saturated heterocycles. The molecule has 76 valence electrons. The highest BCUT2D eigenvalue weighted by Crippen LogP contribution is 2.32. The van der Waals surface area contributed by atoms with Crippen molar-refractivity contribution in [2.75, 3.05) is 0 Å². The molecule has 0 radical (unpaired) electrons. The second-order valence-corrected chi connectivity index (χ2v) is 3.46. The first kappa shape index (κ1) is 9.43. The predicted octanol–water partition coefficient (Wildman–Crippen LogP) is 2.55. The summed E-state index contributed by atoms with van der Waals surface area (Å²) in [5.74, 6) is -4.29. The lowest BCUT2D eigenvalue weighted by Gasteiger charge is -2.06. The normalized spacial score (nSPS) is 17.6. The van der Waals surface area contributed by atoms with Crippen molar-refractivity contribution < 1.29 is 13.2 Å². The molecule has 1 heterocycles. The summed E-state index contributed by atoms with van der Waals surface area (Å²) in [6.07, 6.45) is 3.66. The second kappa shape index (κ2) is 3.55. The zero-order valence-corrected chi connectivity index (χ0v) is 7.43. The Morgan fingerprint density at radius 3 is 1.93 bits per heavy atom. The molecular formula is C9H9F3N2. The van der Waals surface area contributed by atoms with Crippen LogP contribution in [0, 0.1) is 17.7 Å². The number of nitrogens with zero attached hydrogens (tertiary/aromatic N) is 2. The van der Waals surface area contributed by atoms with Crippen LogP contribution in [0.4, 0.5) is 13.2 Å². The minimum atomic E-state index is -1.59. The molecule has 0 aromatic carbocycles. The molecule has 0 unspecified atom stereocenters. The molecule has 0 amide bonds. The highest BCUT2D eigenvalue weighted by molar-refractivity contribution is 5.02. The Hall–Kier alpha value is -1.13. The Morgan fingerprint density at radius 1 is 0.929 bits per heavy atom. The zero-order valence-electron chi connectivity index (χ0n) is 7.43. The number of rotatable bonds is 1. The van der Waals surface area contributed by atoms with E-state index in [1.807, 2.05) is 0 Å². The quantitative estimate of drug-likeness (QED) is 0.654. The van der Waals surface area contributed by atoms with Crippen molar-refractivity contribution in [2.24, 2.45) is 0 Å². The van der Waals surface area contributed by atoms with Gasteiger partial charge in [0, 0.05) is 5.92 Å². The fraction of sp³-hybridized carbons (Fsp3) is 0.556. The minimum absolute atomic E-state index is 0.0143. The van der Waals surface area contributed by atoms with Crippen LogP contribution >= 0.6 is 0 Å². The van der Waals surface area contributed by atoms with Crippen LogP contribution < -0.4 is 0 Å². The largest absolute Gasteiger partial charge is 0.255 e. The number of hydrogen-bond donors (Lipinski definition) is 0. The summed E-state index contributed by atoms with van der Waals surface area (Å²) < 4.78 is 38.0. The Bertz CT molecular complexity index is 325. The van der Waals surface area contributed by atoms with E-state index in [4.69, 9.17) is 0 Å². The van der Waals surface area contributed by atoms with Gasteiger partial charge in [-0.3, -0.25) is 0 Å². The molecule has 0 atom stereocenters. The molecule has 0 spiro atoms. The molecule has 5 heteroatoms. The Morgan fingerprint density at radius 2 is 1.43 bits per heavy atom. The number of halogens is 3. The first-order chi connectivity index (χ1) is 6.68. The Labute approximate surface area is 79.2 Å². The van der Waals surface area contributed by atoms with Crippen LogP contribution in [0.3, 0.4) is 0 Å². The van der Waals surface area contributed by atoms with E-state index in [9.17, 15) is 13.2 Å². The van der Waals surface area contributed by atoms with E-state index in [2.05, 4.69) is 9.97 Å². The summed E-state index contributed by atoms with van der Waals surface area (Å²) in [7, 11) is 0. The van der Waals surface area contributed by atoms with Gasteiger partial charge in [0.25, 0.3) is 11.9 Å². The summed E-state index contributed by atoms with van der Waals surface area (Å²) in [5, 5.41) is 0. The van der Waals surface area contributed by atoms with Gasteiger partial charge in [0.15, 0.2) is 0 Å². The van der Waals surface area contributed by atoms with Gasteiger partial charge in [-0.25, -0.2) is 9.97 Å². The van der Waals surface area contributed by atoms with Crippen LogP contribution in [-0.2, 0) is 0 Å². The van der Waals surface area contributed by atoms with Crippen LogP contribution in [0.25, 0.3) is 0 Å². The van der Waals surface area contributed by atoms with E-state index in [-0.39, 0.29) is 11.7 Å². The summed E-state index contributed by atoms with van der Waals surface area (Å²) in [4.78, 5) is 6.65. The maximum absolute atomic E-state index is 12.7. The number of hydrogen-bond acceptors (Lipinski definition) is 2. The first-order valence-corrected chi connectivity index (χ1v) is 4.57. The first-order valence-electron chi connectivity index (χ1n) is 4.57. The van der Waals surface area contributed by atoms with E-state index in [0.29, 0.717) is 0 Å². The monoisotopic (exact) mass is 202 g/mol. The van der Waals surface area contributed by atoms with Crippen molar-refractivity contribution in [3.8, 4) is 0 Å². The summed E-state index contributed by atoms with van der Waals surface area (Å²) >= 11 is 0. The standard InChI is InChI=1S/C9H9F3N2/c10-6-7(11)13-9(14-8(6)12)5-3-1-2-4-5/h5H,1-4H2. The van der Waals surface area contributed by atoms with Crippen LogP contribution in [0.1, 0.15) is 37.4 Å². The van der Waals surface area contributed by atoms with Crippen LogP contribution in [0.5, 0.6) is 0 Å². The van der Waals surface area contributed by atoms with Crippen molar-refractivity contribution >= 4 is 0 Å². The molecule has 2 rings (SSSR count). The predicted molar refractivity (Wildman–Crippen MR) is 43.1 cm³/mol. The van der Waals surface area contributed by atoms with Crippen LogP contribution in [0.15, 0.2) is 0 Å². The molecule has 0 aliphatic heterocycles. The van der Waals surface area contributed by atoms with Crippen molar-refractivity contribution in [3.63, 3.8) is 0 Å². The van der Waals surface area contributed by atoms with Crippen LogP contribution in [-0.4, -0.2) is 9.97 Å². The van der Waals surface area contributed by atoms with E-state index in [1.165, 1.54) is 0 Å². The van der Waals surface area contributed by atoms with E-state index in [0.717, 1.165) is 25.7 Å². The van der Waals surface area contributed by atoms with Crippen molar-refractivity contribution in [1.29, 1.82) is 0 Å². The molecule has 1 aromatic heterocycles. The Balaban J connectivity index is 2.34. The molecule has 1 aromatic rings. The molecule has 1 aliphatic rings. The van der Waals surface area contributed by atoms with Gasteiger partial charge >= 0.3 is 0 Å². The highest BCUT2D eigenvalue weighted by Gasteiger charge is 2.23. The molecule has 1 aliphatic carbocycles. The van der Waals surface area contributed by atoms with Crippen LogP contribution in [0.2, 0.25) is 0 Å². The molecule has 2 nitrogen and oxygen atoms in total. The minimum Gasteiger partial charge on any atom is -0.201 e. The summed E-state index contributed by atoms with van der Waals surface area (Å²) in [6.45, 7) is 0. The molecule has 0 N–H and O–H groups in total. The van der Waals surface area contributed by atoms with E-state index < -0.39 is 17.7 Å². The lowest BCUT2D eigenvalue weighted by Crippen LogP contribution is -2.07. The molecule has 14 heavy (non-hydrogen) atoms. The molecule has 1 saturated carbocycles. The van der Waals surface area contributed by atoms with Gasteiger partial charge < -0.3 is 0 Å². The summed E-state index contributed by atoms with van der Waals surface area (Å²) in [5.41, 5.74) is 0. The van der Waals surface area contributed by atoms with Gasteiger partial charge in [-0.2, -0.15) is 13.2 Å². The van der Waals surface area contributed by atoms with Crippen molar-refractivity contribution in [3.05, 3.63) is 23.5 Å². The Kier molecular flexibility index (Phi) is 2.39. The van der Waals surface area contributed by atoms with Gasteiger partial charge in [-0.15, -0.1) is 0 Å². The van der Waals surface area contributed by atoms with E-state index in [1.54, 1.807) is 0 Å². The molecule has 0 bridgehead atoms. The van der Waals surface area contributed by atoms with Crippen molar-refractivity contribution in [2.45, 2.75) is 31.6 Å². The average Bonchev–Trinajstić information content (AvgIpc) is 2.66. The third-order valence-corrected chi connectivity index (χ3v) is 2.51. The van der Waals surface area contributed by atoms with Gasteiger partial charge in [-0.05, 0) is 12.8 Å². The molecule has 1 fully saturated rings. The lowest BCUT2D eigenvalue weighted by molar-refractivity contribution is 0.394. The van der Waals surface area contributed by atoms with Gasteiger partial charge in [0.2, 0.25) is 5.82 Å². The van der Waals surface area contributed by atoms with Gasteiger partial charge in [0.1, 0.15) is 5.82 Å². The SMILES string of the molecule is Fc1nc(C2CCCC2)nc(F)c1F. The zero-order chi connectivity index (χ0) is 10.1. The fourth-order valence-electron chi connectivity index (χ4n) is 1.78. The van der Waals surface area contributed by atoms with E-state index >= 15 is 0 Å². The van der Waals surface area contributed by atoms with Gasteiger partial charge in [-0.1, -0.05) is 12.8 Å². The third-order valence-electron chi connectivity index (χ3n) is 2.51. The third kappa shape index (κ3) is 1.58. The molecular weight excluding hydrogens is 193 g/mol. The topological polar surface area (TPSA) is 25.8 Å². The average molecular weight is 202 g/mol. The second-order valence-electron chi connectivity index (χ2n) is 3.46. The smallest absolute Gasteiger partial charge is 0.201 e.